The topological polar surface area (TPSA) is 51.0 Å². The first kappa shape index (κ1) is 14.4. The van der Waals surface area contributed by atoms with Gasteiger partial charge in [0.05, 0.1) is 11.8 Å². The largest absolute Gasteiger partial charge is 0.490 e. The molecule has 1 saturated carbocycles. The summed E-state index contributed by atoms with van der Waals surface area (Å²) in [6.07, 6.45) is 7.72. The summed E-state index contributed by atoms with van der Waals surface area (Å²) < 4.78 is 11.7. The van der Waals surface area contributed by atoms with Crippen molar-refractivity contribution in [3.05, 3.63) is 29.3 Å². The number of hydrogen-bond donors (Lipinski definition) is 1. The van der Waals surface area contributed by atoms with Crippen molar-refractivity contribution in [1.29, 1.82) is 0 Å². The first-order valence-electron chi connectivity index (χ1n) is 7.84. The maximum absolute atomic E-state index is 9.15. The van der Waals surface area contributed by atoms with E-state index in [4.69, 9.17) is 14.7 Å². The van der Waals surface area contributed by atoms with Crippen molar-refractivity contribution < 1.29 is 14.7 Å². The molecule has 0 amide bonds. The summed E-state index contributed by atoms with van der Waals surface area (Å²) in [5, 5.41) is 12.6. The Morgan fingerprint density at radius 2 is 2.00 bits per heavy atom. The Morgan fingerprint density at radius 1 is 1.14 bits per heavy atom. The van der Waals surface area contributed by atoms with E-state index in [1.807, 2.05) is 18.2 Å². The third kappa shape index (κ3) is 3.05. The average Bonchev–Trinajstić information content (AvgIpc) is 2.55. The Morgan fingerprint density at radius 3 is 2.81 bits per heavy atom. The Kier molecular flexibility index (Phi) is 4.44. The Hall–Kier alpha value is -1.55. The van der Waals surface area contributed by atoms with Crippen LogP contribution in [0.4, 0.5) is 0 Å². The van der Waals surface area contributed by atoms with Gasteiger partial charge in [-0.2, -0.15) is 0 Å². The quantitative estimate of drug-likeness (QED) is 0.684. The van der Waals surface area contributed by atoms with Crippen molar-refractivity contribution in [1.82, 2.24) is 0 Å². The molecule has 0 heterocycles. The van der Waals surface area contributed by atoms with Gasteiger partial charge >= 0.3 is 0 Å². The van der Waals surface area contributed by atoms with Crippen LogP contribution in [0.3, 0.4) is 0 Å². The van der Waals surface area contributed by atoms with Crippen LogP contribution in [0.15, 0.2) is 23.4 Å². The van der Waals surface area contributed by atoms with Gasteiger partial charge in [-0.3, -0.25) is 0 Å². The molecule has 0 spiro atoms. The second-order valence-electron chi connectivity index (χ2n) is 5.95. The van der Waals surface area contributed by atoms with Gasteiger partial charge in [-0.15, -0.1) is 0 Å². The molecule has 2 aliphatic carbocycles. The van der Waals surface area contributed by atoms with Crippen molar-refractivity contribution in [2.75, 3.05) is 7.11 Å². The van der Waals surface area contributed by atoms with Crippen LogP contribution in [0.25, 0.3) is 0 Å². The SMILES string of the molecule is COC1CCCC(Oc2cccc3c2CCCC3=NO)C1. The van der Waals surface area contributed by atoms with Crippen LogP contribution in [-0.4, -0.2) is 30.2 Å². The molecule has 21 heavy (non-hydrogen) atoms. The van der Waals surface area contributed by atoms with Crippen LogP contribution >= 0.6 is 0 Å². The van der Waals surface area contributed by atoms with Gasteiger partial charge in [0.15, 0.2) is 0 Å². The van der Waals surface area contributed by atoms with Gasteiger partial charge in [-0.1, -0.05) is 17.3 Å². The molecule has 1 fully saturated rings. The summed E-state index contributed by atoms with van der Waals surface area (Å²) in [5.74, 6) is 0.954. The number of nitrogens with zero attached hydrogens (tertiary/aromatic N) is 1. The first-order chi connectivity index (χ1) is 10.3. The van der Waals surface area contributed by atoms with Crippen LogP contribution in [0, 0.1) is 0 Å². The summed E-state index contributed by atoms with van der Waals surface area (Å²) in [5.41, 5.74) is 3.01. The molecule has 4 nitrogen and oxygen atoms in total. The molecule has 0 radical (unpaired) electrons. The molecular weight excluding hydrogens is 266 g/mol. The van der Waals surface area contributed by atoms with Crippen molar-refractivity contribution in [3.63, 3.8) is 0 Å². The van der Waals surface area contributed by atoms with Gasteiger partial charge in [0.2, 0.25) is 0 Å². The second kappa shape index (κ2) is 6.48. The fourth-order valence-corrected chi connectivity index (χ4v) is 3.48. The summed E-state index contributed by atoms with van der Waals surface area (Å²) in [7, 11) is 1.78. The number of ether oxygens (including phenoxy) is 2. The van der Waals surface area contributed by atoms with Gasteiger partial charge in [-0.25, -0.2) is 0 Å². The highest BCUT2D eigenvalue weighted by Gasteiger charge is 2.25. The number of fused-ring (bicyclic) bond motifs is 1. The van der Waals surface area contributed by atoms with E-state index >= 15 is 0 Å². The fraction of sp³-hybridized carbons (Fsp3) is 0.588. The number of methoxy groups -OCH3 is 1. The van der Waals surface area contributed by atoms with E-state index in [0.29, 0.717) is 6.10 Å². The van der Waals surface area contributed by atoms with E-state index in [9.17, 15) is 0 Å². The van der Waals surface area contributed by atoms with E-state index < -0.39 is 0 Å². The average molecular weight is 289 g/mol. The minimum absolute atomic E-state index is 0.228. The zero-order valence-electron chi connectivity index (χ0n) is 12.5. The summed E-state index contributed by atoms with van der Waals surface area (Å²) in [6, 6.07) is 6.05. The Balaban J connectivity index is 1.80. The maximum Gasteiger partial charge on any atom is 0.123 e. The van der Waals surface area contributed by atoms with Crippen LogP contribution in [-0.2, 0) is 11.2 Å². The predicted octanol–water partition coefficient (Wildman–Crippen LogP) is 3.54. The number of rotatable bonds is 3. The molecule has 2 atom stereocenters. The lowest BCUT2D eigenvalue weighted by atomic mass is 9.89. The highest BCUT2D eigenvalue weighted by atomic mass is 16.5. The summed E-state index contributed by atoms with van der Waals surface area (Å²) >= 11 is 0. The molecule has 3 rings (SSSR count). The fourth-order valence-electron chi connectivity index (χ4n) is 3.48. The Labute approximate surface area is 125 Å². The molecule has 114 valence electrons. The predicted molar refractivity (Wildman–Crippen MR) is 81.4 cm³/mol. The maximum atomic E-state index is 9.15. The standard InChI is InChI=1S/C17H23NO3/c1-20-12-5-2-6-13(11-12)21-17-10-4-7-14-15(17)8-3-9-16(14)18-19/h4,7,10,12-13,19H,2-3,5-6,8-9,11H2,1H3. The van der Waals surface area contributed by atoms with Crippen LogP contribution in [0.2, 0.25) is 0 Å². The highest BCUT2D eigenvalue weighted by Crippen LogP contribution is 2.33. The van der Waals surface area contributed by atoms with Crippen LogP contribution < -0.4 is 4.74 Å². The van der Waals surface area contributed by atoms with E-state index in [0.717, 1.165) is 62.0 Å². The van der Waals surface area contributed by atoms with Crippen molar-refractivity contribution >= 4 is 5.71 Å². The lowest BCUT2D eigenvalue weighted by Crippen LogP contribution is -2.30. The molecule has 2 aliphatic rings. The summed E-state index contributed by atoms with van der Waals surface area (Å²) in [6.45, 7) is 0. The number of benzene rings is 1. The molecule has 1 aromatic carbocycles. The minimum Gasteiger partial charge on any atom is -0.490 e. The number of oxime groups is 1. The lowest BCUT2D eigenvalue weighted by molar-refractivity contribution is 0.0206. The van der Waals surface area contributed by atoms with E-state index in [1.54, 1.807) is 7.11 Å². The third-order valence-corrected chi connectivity index (χ3v) is 4.61. The molecule has 0 aliphatic heterocycles. The van der Waals surface area contributed by atoms with Gasteiger partial charge in [-0.05, 0) is 44.6 Å². The van der Waals surface area contributed by atoms with Gasteiger partial charge < -0.3 is 14.7 Å². The normalized spacial score (nSPS) is 27.4. The molecule has 2 unspecified atom stereocenters. The van der Waals surface area contributed by atoms with E-state index in [2.05, 4.69) is 5.16 Å². The first-order valence-corrected chi connectivity index (χ1v) is 7.84. The van der Waals surface area contributed by atoms with Crippen LogP contribution in [0.5, 0.6) is 5.75 Å². The molecule has 0 saturated heterocycles. The van der Waals surface area contributed by atoms with Crippen LogP contribution in [0.1, 0.15) is 49.7 Å². The Bertz CT molecular complexity index is 527. The van der Waals surface area contributed by atoms with Crippen molar-refractivity contribution in [2.24, 2.45) is 5.16 Å². The third-order valence-electron chi connectivity index (χ3n) is 4.61. The van der Waals surface area contributed by atoms with Gasteiger partial charge in [0.25, 0.3) is 0 Å². The van der Waals surface area contributed by atoms with E-state index in [-0.39, 0.29) is 6.10 Å². The van der Waals surface area contributed by atoms with Crippen molar-refractivity contribution in [2.45, 2.75) is 57.2 Å². The van der Waals surface area contributed by atoms with Gasteiger partial charge in [0, 0.05) is 24.7 Å². The lowest BCUT2D eigenvalue weighted by Gasteiger charge is -2.30. The van der Waals surface area contributed by atoms with E-state index in [1.165, 1.54) is 5.56 Å². The van der Waals surface area contributed by atoms with Crippen molar-refractivity contribution in [3.8, 4) is 5.75 Å². The molecular formula is C17H23NO3. The molecule has 1 aromatic rings. The highest BCUT2D eigenvalue weighted by molar-refractivity contribution is 6.02. The molecule has 0 aromatic heterocycles. The molecule has 0 bridgehead atoms. The zero-order chi connectivity index (χ0) is 14.7. The monoisotopic (exact) mass is 289 g/mol. The molecule has 4 heteroatoms. The number of hydrogen-bond acceptors (Lipinski definition) is 4. The second-order valence-corrected chi connectivity index (χ2v) is 5.95. The molecule has 1 N–H and O–H groups in total. The zero-order valence-corrected chi connectivity index (χ0v) is 12.5. The minimum atomic E-state index is 0.228. The smallest absolute Gasteiger partial charge is 0.123 e. The van der Waals surface area contributed by atoms with Gasteiger partial charge in [0.1, 0.15) is 11.9 Å². The summed E-state index contributed by atoms with van der Waals surface area (Å²) in [4.78, 5) is 0.